The Hall–Kier alpha value is -2.29. The zero-order valence-corrected chi connectivity index (χ0v) is 12.6. The molecule has 0 saturated heterocycles. The Morgan fingerprint density at radius 2 is 2.14 bits per heavy atom. The molecule has 114 valence electrons. The topological polar surface area (TPSA) is 44.4 Å². The van der Waals surface area contributed by atoms with Crippen molar-refractivity contribution >= 4 is 11.6 Å². The van der Waals surface area contributed by atoms with Crippen molar-refractivity contribution in [1.82, 2.24) is 0 Å². The molecule has 21 heavy (non-hydrogen) atoms. The van der Waals surface area contributed by atoms with Crippen LogP contribution in [0.5, 0.6) is 5.75 Å². The molecule has 0 aromatic heterocycles. The molecule has 1 aromatic carbocycles. The number of rotatable bonds is 6. The quantitative estimate of drug-likeness (QED) is 0.344. The summed E-state index contributed by atoms with van der Waals surface area (Å²) in [4.78, 5) is 8.35. The standard InChI is InChI=1S/C15H19FN2O3/c1-6-19-11(4)18-20-9-12-7-13(16)15(21-10(2)3)14(8-12)17-5/h7-8,10H,6,9H2,1-4H3/b18-11+. The molecule has 0 unspecified atom stereocenters. The van der Waals surface area contributed by atoms with Crippen LogP contribution in [0.4, 0.5) is 10.1 Å². The first kappa shape index (κ1) is 16.8. The van der Waals surface area contributed by atoms with E-state index in [2.05, 4.69) is 10.0 Å². The summed E-state index contributed by atoms with van der Waals surface area (Å²) in [5, 5.41) is 3.73. The van der Waals surface area contributed by atoms with E-state index >= 15 is 0 Å². The zero-order chi connectivity index (χ0) is 15.8. The normalized spacial score (nSPS) is 11.2. The van der Waals surface area contributed by atoms with E-state index in [1.807, 2.05) is 6.92 Å². The van der Waals surface area contributed by atoms with Gasteiger partial charge in [-0.15, -0.1) is 0 Å². The Morgan fingerprint density at radius 1 is 1.43 bits per heavy atom. The van der Waals surface area contributed by atoms with Crippen LogP contribution < -0.4 is 4.74 Å². The second kappa shape index (κ2) is 8.10. The lowest BCUT2D eigenvalue weighted by atomic mass is 10.2. The molecule has 0 aliphatic carbocycles. The van der Waals surface area contributed by atoms with Gasteiger partial charge in [-0.05, 0) is 38.5 Å². The highest BCUT2D eigenvalue weighted by Gasteiger charge is 2.14. The van der Waals surface area contributed by atoms with Crippen molar-refractivity contribution in [3.05, 3.63) is 34.9 Å². The first-order valence-corrected chi connectivity index (χ1v) is 6.63. The van der Waals surface area contributed by atoms with Gasteiger partial charge in [0.25, 0.3) is 0 Å². The van der Waals surface area contributed by atoms with Gasteiger partial charge in [-0.2, -0.15) is 0 Å². The molecule has 0 aliphatic rings. The molecule has 0 saturated carbocycles. The molecule has 0 spiro atoms. The number of halogens is 1. The van der Waals surface area contributed by atoms with Gasteiger partial charge in [0.05, 0.1) is 19.3 Å². The first-order chi connectivity index (χ1) is 9.97. The van der Waals surface area contributed by atoms with E-state index < -0.39 is 5.82 Å². The van der Waals surface area contributed by atoms with Gasteiger partial charge < -0.3 is 14.3 Å². The van der Waals surface area contributed by atoms with Crippen LogP contribution in [-0.4, -0.2) is 18.6 Å². The number of benzene rings is 1. The summed E-state index contributed by atoms with van der Waals surface area (Å²) in [5.41, 5.74) is 0.621. The van der Waals surface area contributed by atoms with Crippen LogP contribution >= 0.6 is 0 Å². The average Bonchev–Trinajstić information content (AvgIpc) is 2.41. The Kier molecular flexibility index (Phi) is 6.47. The molecule has 6 heteroatoms. The monoisotopic (exact) mass is 294 g/mol. The zero-order valence-electron chi connectivity index (χ0n) is 12.6. The maximum atomic E-state index is 14.0. The minimum atomic E-state index is -0.582. The van der Waals surface area contributed by atoms with Gasteiger partial charge in [0.1, 0.15) is 6.61 Å². The molecule has 0 heterocycles. The summed E-state index contributed by atoms with van der Waals surface area (Å²) >= 11 is 0. The number of hydrogen-bond donors (Lipinski definition) is 0. The van der Waals surface area contributed by atoms with Crippen LogP contribution in [0, 0.1) is 12.4 Å². The molecule has 1 rings (SSSR count). The third-order valence-corrected chi connectivity index (χ3v) is 2.34. The van der Waals surface area contributed by atoms with Crippen molar-refractivity contribution in [3.8, 4) is 5.75 Å². The smallest absolute Gasteiger partial charge is 0.231 e. The number of nitrogens with zero attached hydrogens (tertiary/aromatic N) is 2. The fraction of sp³-hybridized carbons (Fsp3) is 0.467. The van der Waals surface area contributed by atoms with Crippen LogP contribution in [0.3, 0.4) is 0 Å². The Bertz CT molecular complexity index is 551. The lowest BCUT2D eigenvalue weighted by molar-refractivity contribution is 0.119. The molecular formula is C15H19FN2O3. The summed E-state index contributed by atoms with van der Waals surface area (Å²) in [6.45, 7) is 14.7. The Morgan fingerprint density at radius 3 is 2.71 bits per heavy atom. The molecular weight excluding hydrogens is 275 g/mol. The third kappa shape index (κ3) is 5.30. The van der Waals surface area contributed by atoms with Crippen molar-refractivity contribution in [3.63, 3.8) is 0 Å². The highest BCUT2D eigenvalue weighted by Crippen LogP contribution is 2.33. The van der Waals surface area contributed by atoms with Gasteiger partial charge in [-0.25, -0.2) is 9.24 Å². The Labute approximate surface area is 124 Å². The highest BCUT2D eigenvalue weighted by molar-refractivity contribution is 5.72. The van der Waals surface area contributed by atoms with Crippen molar-refractivity contribution in [2.24, 2.45) is 5.16 Å². The minimum Gasteiger partial charge on any atom is -0.499 e. The predicted octanol–water partition coefficient (Wildman–Crippen LogP) is 4.05. The van der Waals surface area contributed by atoms with Crippen LogP contribution in [-0.2, 0) is 16.2 Å². The second-order valence-electron chi connectivity index (χ2n) is 4.52. The number of ether oxygens (including phenoxy) is 2. The minimum absolute atomic E-state index is 0.0299. The molecule has 0 atom stereocenters. The van der Waals surface area contributed by atoms with Crippen LogP contribution in [0.25, 0.3) is 4.85 Å². The second-order valence-corrected chi connectivity index (χ2v) is 4.52. The van der Waals surface area contributed by atoms with Gasteiger partial charge in [-0.1, -0.05) is 5.16 Å². The highest BCUT2D eigenvalue weighted by atomic mass is 19.1. The number of oxime groups is 1. The van der Waals surface area contributed by atoms with E-state index in [9.17, 15) is 4.39 Å². The molecule has 0 bridgehead atoms. The van der Waals surface area contributed by atoms with E-state index in [0.717, 1.165) is 0 Å². The van der Waals surface area contributed by atoms with Crippen LogP contribution in [0.1, 0.15) is 33.3 Å². The summed E-state index contributed by atoms with van der Waals surface area (Å²) in [7, 11) is 0. The molecule has 0 N–H and O–H groups in total. The maximum Gasteiger partial charge on any atom is 0.231 e. The molecule has 0 aliphatic heterocycles. The molecule has 1 aromatic rings. The van der Waals surface area contributed by atoms with E-state index in [0.29, 0.717) is 18.1 Å². The fourth-order valence-electron chi connectivity index (χ4n) is 1.59. The van der Waals surface area contributed by atoms with Crippen molar-refractivity contribution in [2.75, 3.05) is 6.61 Å². The van der Waals surface area contributed by atoms with Gasteiger partial charge in [0.15, 0.2) is 11.6 Å². The lowest BCUT2D eigenvalue weighted by Gasteiger charge is -2.13. The molecule has 0 radical (unpaired) electrons. The summed E-state index contributed by atoms with van der Waals surface area (Å²) in [6.07, 6.45) is -0.208. The fourth-order valence-corrected chi connectivity index (χ4v) is 1.59. The van der Waals surface area contributed by atoms with Gasteiger partial charge >= 0.3 is 0 Å². The van der Waals surface area contributed by atoms with E-state index in [1.54, 1.807) is 20.8 Å². The molecule has 0 fully saturated rings. The summed E-state index contributed by atoms with van der Waals surface area (Å²) in [5.74, 6) is -0.220. The third-order valence-electron chi connectivity index (χ3n) is 2.34. The SMILES string of the molecule is [C-]#[N+]c1cc(CO/N=C(\C)OCC)cc(F)c1OC(C)C. The lowest BCUT2D eigenvalue weighted by Crippen LogP contribution is -2.07. The van der Waals surface area contributed by atoms with Crippen molar-refractivity contribution < 1.29 is 18.7 Å². The van der Waals surface area contributed by atoms with E-state index in [4.69, 9.17) is 20.9 Å². The largest absolute Gasteiger partial charge is 0.499 e. The van der Waals surface area contributed by atoms with Gasteiger partial charge in [0, 0.05) is 6.92 Å². The summed E-state index contributed by atoms with van der Waals surface area (Å²) < 4.78 is 24.4. The average molecular weight is 294 g/mol. The first-order valence-electron chi connectivity index (χ1n) is 6.63. The van der Waals surface area contributed by atoms with Gasteiger partial charge in [0.2, 0.25) is 11.6 Å². The summed E-state index contributed by atoms with van der Waals surface area (Å²) in [6, 6.07) is 2.80. The van der Waals surface area contributed by atoms with Crippen LogP contribution in [0.15, 0.2) is 17.3 Å². The predicted molar refractivity (Wildman–Crippen MR) is 78.0 cm³/mol. The molecule has 0 amide bonds. The van der Waals surface area contributed by atoms with E-state index in [-0.39, 0.29) is 24.1 Å². The van der Waals surface area contributed by atoms with Crippen LogP contribution in [0.2, 0.25) is 0 Å². The Balaban J connectivity index is 2.84. The van der Waals surface area contributed by atoms with Gasteiger partial charge in [-0.3, -0.25) is 0 Å². The van der Waals surface area contributed by atoms with Crippen molar-refractivity contribution in [1.29, 1.82) is 0 Å². The maximum absolute atomic E-state index is 14.0. The number of hydrogen-bond acceptors (Lipinski definition) is 4. The van der Waals surface area contributed by atoms with Crippen molar-refractivity contribution in [2.45, 2.75) is 40.4 Å². The molecule has 5 nitrogen and oxygen atoms in total. The van der Waals surface area contributed by atoms with E-state index in [1.165, 1.54) is 12.1 Å².